The second-order valence-electron chi connectivity index (χ2n) is 7.54. The highest BCUT2D eigenvalue weighted by atomic mass is 35.5. The molecule has 162 valence electrons. The number of rotatable bonds is 5. The minimum Gasteiger partial charge on any atom is -0.439 e. The molecule has 1 N–H and O–H groups in total. The van der Waals surface area contributed by atoms with Crippen LogP contribution in [0.3, 0.4) is 0 Å². The van der Waals surface area contributed by atoms with E-state index in [1.54, 1.807) is 42.5 Å². The van der Waals surface area contributed by atoms with E-state index in [-0.39, 0.29) is 29.3 Å². The van der Waals surface area contributed by atoms with Gasteiger partial charge in [-0.1, -0.05) is 42.3 Å². The second kappa shape index (κ2) is 9.40. The van der Waals surface area contributed by atoms with E-state index in [4.69, 9.17) is 27.6 Å². The molecule has 1 aliphatic rings. The van der Waals surface area contributed by atoms with E-state index in [1.165, 1.54) is 0 Å². The number of piperazine rings is 1. The number of likely N-dealkylation sites (N-methyl/N-ethyl adjacent to an activating group) is 1. The predicted octanol–water partition coefficient (Wildman–Crippen LogP) is 4.34. The van der Waals surface area contributed by atoms with Gasteiger partial charge in [-0.2, -0.15) is 0 Å². The fourth-order valence-corrected chi connectivity index (χ4v) is 4.07. The van der Waals surface area contributed by atoms with Gasteiger partial charge in [0.05, 0.1) is 17.5 Å². The third-order valence-electron chi connectivity index (χ3n) is 5.52. The van der Waals surface area contributed by atoms with Crippen molar-refractivity contribution in [3.05, 3.63) is 62.7 Å². The first kappa shape index (κ1) is 21.8. The fourth-order valence-electron chi connectivity index (χ4n) is 3.77. The van der Waals surface area contributed by atoms with Gasteiger partial charge >= 0.3 is 0 Å². The van der Waals surface area contributed by atoms with Gasteiger partial charge in [-0.15, -0.1) is 0 Å². The summed E-state index contributed by atoms with van der Waals surface area (Å²) in [5.41, 5.74) is 0.972. The maximum absolute atomic E-state index is 13.3. The number of hydrogen-bond acceptors (Lipinski definition) is 5. The zero-order valence-electron chi connectivity index (χ0n) is 17.2. The highest BCUT2D eigenvalue weighted by molar-refractivity contribution is 6.31. The first-order valence-corrected chi connectivity index (χ1v) is 11.0. The molecule has 0 atom stereocenters. The number of benzene rings is 2. The van der Waals surface area contributed by atoms with Crippen LogP contribution in [0.4, 0.5) is 5.88 Å². The molecular weight excluding hydrogens is 437 g/mol. The van der Waals surface area contributed by atoms with Gasteiger partial charge in [0.25, 0.3) is 0 Å². The van der Waals surface area contributed by atoms with Crippen molar-refractivity contribution in [2.45, 2.75) is 6.92 Å². The van der Waals surface area contributed by atoms with Crippen LogP contribution in [0.15, 0.2) is 51.7 Å². The Kier molecular flexibility index (Phi) is 6.62. The summed E-state index contributed by atoms with van der Waals surface area (Å²) in [4.78, 5) is 30.6. The molecule has 6 nitrogen and oxygen atoms in total. The summed E-state index contributed by atoms with van der Waals surface area (Å²) in [6.07, 6.45) is 0. The lowest BCUT2D eigenvalue weighted by atomic mass is 10.0. The first-order chi connectivity index (χ1) is 14.9. The molecule has 4 rings (SSSR count). The minimum absolute atomic E-state index is 0.124. The van der Waals surface area contributed by atoms with Gasteiger partial charge in [-0.05, 0) is 42.4 Å². The van der Waals surface area contributed by atoms with Crippen LogP contribution in [0.2, 0.25) is 10.0 Å². The highest BCUT2D eigenvalue weighted by Gasteiger charge is 2.21. The van der Waals surface area contributed by atoms with Gasteiger partial charge in [-0.25, -0.2) is 0 Å². The Bertz CT molecular complexity index is 1150. The Morgan fingerprint density at radius 2 is 1.65 bits per heavy atom. The molecule has 1 aromatic heterocycles. The normalized spacial score (nSPS) is 15.3. The van der Waals surface area contributed by atoms with Crippen LogP contribution in [0.1, 0.15) is 6.92 Å². The second-order valence-corrected chi connectivity index (χ2v) is 8.41. The average Bonchev–Trinajstić information content (AvgIpc) is 2.76. The molecule has 1 fully saturated rings. The molecule has 0 saturated carbocycles. The van der Waals surface area contributed by atoms with Crippen LogP contribution in [0.25, 0.3) is 22.1 Å². The summed E-state index contributed by atoms with van der Waals surface area (Å²) < 4.78 is 5.96. The molecule has 0 spiro atoms. The molecule has 8 heteroatoms. The number of hydrogen-bond donors (Lipinski definition) is 1. The molecule has 0 radical (unpaired) electrons. The summed E-state index contributed by atoms with van der Waals surface area (Å²) >= 11 is 12.1. The van der Waals surface area contributed by atoms with Crippen LogP contribution >= 0.6 is 23.2 Å². The summed E-state index contributed by atoms with van der Waals surface area (Å²) in [6, 6.07) is 11.7. The Morgan fingerprint density at radius 1 is 1.00 bits per heavy atom. The average molecular weight is 460 g/mol. The summed E-state index contributed by atoms with van der Waals surface area (Å²) in [5.74, 6) is -0.101. The minimum atomic E-state index is -0.266. The van der Waals surface area contributed by atoms with Crippen molar-refractivity contribution in [1.29, 1.82) is 0 Å². The van der Waals surface area contributed by atoms with Crippen molar-refractivity contribution >= 4 is 46.0 Å². The molecule has 1 aliphatic heterocycles. The van der Waals surface area contributed by atoms with Gasteiger partial charge < -0.3 is 9.32 Å². The summed E-state index contributed by atoms with van der Waals surface area (Å²) in [7, 11) is 0. The summed E-state index contributed by atoms with van der Waals surface area (Å²) in [6.45, 7) is 6.90. The molecule has 2 aromatic carbocycles. The van der Waals surface area contributed by atoms with Crippen LogP contribution in [0.5, 0.6) is 0 Å². The number of halogens is 2. The van der Waals surface area contributed by atoms with Crippen molar-refractivity contribution in [3.8, 4) is 11.1 Å². The Balaban J connectivity index is 1.66. The van der Waals surface area contributed by atoms with Gasteiger partial charge in [0.15, 0.2) is 0 Å². The number of anilines is 1. The van der Waals surface area contributed by atoms with Crippen molar-refractivity contribution < 1.29 is 9.21 Å². The third-order valence-corrected chi connectivity index (χ3v) is 6.00. The van der Waals surface area contributed by atoms with Crippen molar-refractivity contribution in [2.75, 3.05) is 44.6 Å². The molecule has 0 aliphatic carbocycles. The van der Waals surface area contributed by atoms with E-state index in [9.17, 15) is 9.59 Å². The van der Waals surface area contributed by atoms with E-state index in [0.717, 1.165) is 32.7 Å². The Labute approximate surface area is 190 Å². The lowest BCUT2D eigenvalue weighted by Crippen LogP contribution is -2.48. The number of amides is 1. The lowest BCUT2D eigenvalue weighted by molar-refractivity contribution is -0.117. The molecule has 0 unspecified atom stereocenters. The largest absolute Gasteiger partial charge is 0.439 e. The van der Waals surface area contributed by atoms with Crippen LogP contribution in [-0.2, 0) is 4.79 Å². The number of nitrogens with one attached hydrogen (secondary N) is 1. The Hall–Kier alpha value is -2.38. The van der Waals surface area contributed by atoms with E-state index in [0.29, 0.717) is 26.6 Å². The van der Waals surface area contributed by atoms with Crippen molar-refractivity contribution in [1.82, 2.24) is 9.80 Å². The fraction of sp³-hybridized carbons (Fsp3) is 0.304. The van der Waals surface area contributed by atoms with E-state index in [1.807, 2.05) is 0 Å². The van der Waals surface area contributed by atoms with Gasteiger partial charge in [0.2, 0.25) is 17.2 Å². The molecule has 31 heavy (non-hydrogen) atoms. The van der Waals surface area contributed by atoms with Gasteiger partial charge in [0, 0.05) is 36.2 Å². The monoisotopic (exact) mass is 459 g/mol. The van der Waals surface area contributed by atoms with E-state index in [2.05, 4.69) is 22.0 Å². The van der Waals surface area contributed by atoms with Crippen molar-refractivity contribution in [3.63, 3.8) is 0 Å². The molecule has 0 bridgehead atoms. The number of carbonyl (C=O) groups is 1. The standard InChI is InChI=1S/C23H23Cl2N3O3/c1-2-27-9-11-28(12-10-27)14-20(29)26-23-21(15-3-5-16(24)6-4-15)22(30)18-13-17(25)7-8-19(18)31-23/h3-8,13H,2,9-12,14H2,1H3,(H,26,29). The molecule has 2 heterocycles. The van der Waals surface area contributed by atoms with Crippen molar-refractivity contribution in [2.24, 2.45) is 0 Å². The predicted molar refractivity (Wildman–Crippen MR) is 125 cm³/mol. The quantitative estimate of drug-likeness (QED) is 0.614. The lowest BCUT2D eigenvalue weighted by Gasteiger charge is -2.33. The number of carbonyl (C=O) groups excluding carboxylic acids is 1. The summed E-state index contributed by atoms with van der Waals surface area (Å²) in [5, 5.41) is 4.15. The zero-order chi connectivity index (χ0) is 22.0. The van der Waals surface area contributed by atoms with E-state index < -0.39 is 0 Å². The van der Waals surface area contributed by atoms with Crippen LogP contribution < -0.4 is 10.7 Å². The third kappa shape index (κ3) is 4.93. The molecular formula is C23H23Cl2N3O3. The number of nitrogens with zero attached hydrogens (tertiary/aromatic N) is 2. The van der Waals surface area contributed by atoms with Gasteiger partial charge in [-0.3, -0.25) is 19.8 Å². The SMILES string of the molecule is CCN1CCN(CC(=O)Nc2oc3ccc(Cl)cc3c(=O)c2-c2ccc(Cl)cc2)CC1. The first-order valence-electron chi connectivity index (χ1n) is 10.2. The Morgan fingerprint density at radius 3 is 2.32 bits per heavy atom. The van der Waals surface area contributed by atoms with E-state index >= 15 is 0 Å². The van der Waals surface area contributed by atoms with Crippen LogP contribution in [-0.4, -0.2) is 55.0 Å². The maximum Gasteiger partial charge on any atom is 0.240 e. The van der Waals surface area contributed by atoms with Gasteiger partial charge in [0.1, 0.15) is 5.58 Å². The molecule has 1 saturated heterocycles. The smallest absolute Gasteiger partial charge is 0.240 e. The van der Waals surface area contributed by atoms with Crippen LogP contribution in [0, 0.1) is 0 Å². The highest BCUT2D eigenvalue weighted by Crippen LogP contribution is 2.30. The zero-order valence-corrected chi connectivity index (χ0v) is 18.7. The topological polar surface area (TPSA) is 65.8 Å². The molecule has 1 amide bonds. The number of fused-ring (bicyclic) bond motifs is 1. The maximum atomic E-state index is 13.3. The molecule has 3 aromatic rings.